The number of aromatic nitrogens is 5. The molecule has 4 bridgehead atoms. The number of nitrogens with zero attached hydrogens (tertiary/aromatic N) is 5. The molecule has 0 amide bonds. The Kier molecular flexibility index (Phi) is 10.7. The number of methoxy groups -OCH3 is 1. The summed E-state index contributed by atoms with van der Waals surface area (Å²) in [7, 11) is 5.39. The number of rotatable bonds is 2. The van der Waals surface area contributed by atoms with Crippen molar-refractivity contribution >= 4 is 64.0 Å². The lowest BCUT2D eigenvalue weighted by molar-refractivity contribution is 0.0586. The first-order chi connectivity index (χ1) is 23.2. The van der Waals surface area contributed by atoms with Crippen LogP contribution in [0.15, 0.2) is 64.5 Å². The molecular weight excluding hydrogens is 662 g/mol. The predicted octanol–water partition coefficient (Wildman–Crippen LogP) is 8.57. The van der Waals surface area contributed by atoms with Gasteiger partial charge in [-0.1, -0.05) is 42.8 Å². The van der Waals surface area contributed by atoms with Crippen LogP contribution >= 0.6 is 35.1 Å². The van der Waals surface area contributed by atoms with Crippen LogP contribution in [0.3, 0.4) is 0 Å². The van der Waals surface area contributed by atoms with E-state index in [1.54, 1.807) is 23.5 Å². The average Bonchev–Trinajstić information content (AvgIpc) is 3.72. The smallest absolute Gasteiger partial charge is 0.354 e. The van der Waals surface area contributed by atoms with Gasteiger partial charge in [0.15, 0.2) is 0 Å². The second-order valence-corrected chi connectivity index (χ2v) is 14.2. The van der Waals surface area contributed by atoms with Crippen molar-refractivity contribution in [3.8, 4) is 5.75 Å². The largest absolute Gasteiger partial charge is 0.493 e. The zero-order valence-corrected chi connectivity index (χ0v) is 30.3. The van der Waals surface area contributed by atoms with Crippen LogP contribution in [0.2, 0.25) is 0 Å². The summed E-state index contributed by atoms with van der Waals surface area (Å²) >= 11 is 10.4. The quantitative estimate of drug-likeness (QED) is 0.171. The summed E-state index contributed by atoms with van der Waals surface area (Å²) < 4.78 is 17.6. The topological polar surface area (TPSA) is 76.1 Å². The standard InChI is InChI=1S/C37H40ClN5O3S2/c1-6-25-16-29-13-12-27(38)18-33-24(2)41(3)40-34(33)23-47-21-28-19-30(42(4)39-28)22-48-31-17-26-10-7-8-11-32(26)35(20-31)46-15-9-14-43(29)36(25)37(44)45-5/h7-8,10-13,16-20H,6,9,14-15,21-23H2,1-5H3/b13-12-,27-18-. The molecule has 0 fully saturated rings. The molecule has 0 unspecified atom stereocenters. The highest BCUT2D eigenvalue weighted by atomic mass is 35.5. The first kappa shape index (κ1) is 34.0. The van der Waals surface area contributed by atoms with Gasteiger partial charge in [-0.25, -0.2) is 4.79 Å². The lowest BCUT2D eigenvalue weighted by atomic mass is 10.1. The number of halogens is 1. The van der Waals surface area contributed by atoms with Gasteiger partial charge in [0.05, 0.1) is 25.1 Å². The number of ether oxygens (including phenoxy) is 2. The van der Waals surface area contributed by atoms with Crippen molar-refractivity contribution in [3.63, 3.8) is 0 Å². The van der Waals surface area contributed by atoms with Gasteiger partial charge in [-0.05, 0) is 73.2 Å². The van der Waals surface area contributed by atoms with Gasteiger partial charge in [0.25, 0.3) is 0 Å². The van der Waals surface area contributed by atoms with Crippen LogP contribution in [0.5, 0.6) is 5.75 Å². The maximum absolute atomic E-state index is 13.0. The first-order valence-corrected chi connectivity index (χ1v) is 18.5. The van der Waals surface area contributed by atoms with Gasteiger partial charge < -0.3 is 14.0 Å². The summed E-state index contributed by atoms with van der Waals surface area (Å²) in [5.41, 5.74) is 7.63. The third kappa shape index (κ3) is 7.41. The molecule has 0 saturated heterocycles. The maximum Gasteiger partial charge on any atom is 0.354 e. The molecule has 0 radical (unpaired) electrons. The van der Waals surface area contributed by atoms with Crippen molar-refractivity contribution in [2.75, 3.05) is 13.7 Å². The van der Waals surface area contributed by atoms with Crippen molar-refractivity contribution in [2.45, 2.75) is 55.4 Å². The summed E-state index contributed by atoms with van der Waals surface area (Å²) in [6.07, 6.45) is 7.21. The maximum atomic E-state index is 13.0. The fourth-order valence-corrected chi connectivity index (χ4v) is 8.01. The summed E-state index contributed by atoms with van der Waals surface area (Å²) in [4.78, 5) is 14.1. The Morgan fingerprint density at radius 1 is 1.04 bits per heavy atom. The van der Waals surface area contributed by atoms with E-state index in [1.165, 1.54) is 7.11 Å². The van der Waals surface area contributed by atoms with Crippen LogP contribution in [-0.4, -0.2) is 43.8 Å². The van der Waals surface area contributed by atoms with Crippen molar-refractivity contribution in [2.24, 2.45) is 14.1 Å². The van der Waals surface area contributed by atoms with Crippen LogP contribution in [-0.2, 0) is 49.1 Å². The highest BCUT2D eigenvalue weighted by Gasteiger charge is 2.20. The fourth-order valence-electron chi connectivity index (χ4n) is 6.00. The molecule has 2 aromatic carbocycles. The van der Waals surface area contributed by atoms with E-state index in [1.807, 2.05) is 65.3 Å². The number of benzene rings is 2. The van der Waals surface area contributed by atoms with E-state index < -0.39 is 0 Å². The zero-order chi connectivity index (χ0) is 33.8. The van der Waals surface area contributed by atoms with Crippen LogP contribution in [0.4, 0.5) is 0 Å². The van der Waals surface area contributed by atoms with Gasteiger partial charge in [0.1, 0.15) is 11.4 Å². The predicted molar refractivity (Wildman–Crippen MR) is 198 cm³/mol. The van der Waals surface area contributed by atoms with Gasteiger partial charge in [-0.3, -0.25) is 9.36 Å². The normalized spacial score (nSPS) is 16.3. The number of esters is 1. The average molecular weight is 702 g/mol. The fraction of sp³-hybridized carbons (Fsp3) is 0.324. The summed E-state index contributed by atoms with van der Waals surface area (Å²) in [6.45, 7) is 5.15. The summed E-state index contributed by atoms with van der Waals surface area (Å²) in [5.74, 6) is 2.80. The molecule has 6 rings (SSSR count). The highest BCUT2D eigenvalue weighted by Crippen LogP contribution is 2.34. The monoisotopic (exact) mass is 701 g/mol. The lowest BCUT2D eigenvalue weighted by Crippen LogP contribution is -2.15. The van der Waals surface area contributed by atoms with E-state index in [0.717, 1.165) is 78.3 Å². The van der Waals surface area contributed by atoms with Crippen LogP contribution in [0.1, 0.15) is 63.4 Å². The SMILES string of the molecule is CCc1cc2n(c1C(=O)OC)CCCOc1cc(cc3ccccc13)SCc1cc(nn1C)CSCc1nn(C)c(C)c1/C=C(Cl)/C=C\2. The van der Waals surface area contributed by atoms with E-state index >= 15 is 0 Å². The van der Waals surface area contributed by atoms with Crippen molar-refractivity contribution in [1.82, 2.24) is 24.1 Å². The molecule has 0 spiro atoms. The molecule has 0 N–H and O–H groups in total. The molecule has 5 aromatic rings. The summed E-state index contributed by atoms with van der Waals surface area (Å²) in [6, 6.07) is 16.9. The molecule has 1 aliphatic rings. The molecule has 4 heterocycles. The van der Waals surface area contributed by atoms with Crippen LogP contribution in [0.25, 0.3) is 22.9 Å². The second kappa shape index (κ2) is 15.1. The highest BCUT2D eigenvalue weighted by molar-refractivity contribution is 7.98. The molecule has 48 heavy (non-hydrogen) atoms. The Bertz CT molecular complexity index is 2020. The van der Waals surface area contributed by atoms with E-state index in [0.29, 0.717) is 36.7 Å². The lowest BCUT2D eigenvalue weighted by Gasteiger charge is -2.14. The molecular formula is C37H40ClN5O3S2. The third-order valence-electron chi connectivity index (χ3n) is 8.60. The van der Waals surface area contributed by atoms with Gasteiger partial charge in [-0.15, -0.1) is 23.5 Å². The minimum absolute atomic E-state index is 0.351. The van der Waals surface area contributed by atoms with Gasteiger partial charge in [-0.2, -0.15) is 10.2 Å². The van der Waals surface area contributed by atoms with Crippen LogP contribution < -0.4 is 4.74 Å². The van der Waals surface area contributed by atoms with Crippen molar-refractivity contribution in [3.05, 3.63) is 105 Å². The number of hydrogen-bond acceptors (Lipinski definition) is 7. The minimum Gasteiger partial charge on any atom is -0.493 e. The Labute approximate surface area is 295 Å². The van der Waals surface area contributed by atoms with E-state index in [4.69, 9.17) is 31.3 Å². The molecule has 8 nitrogen and oxygen atoms in total. The van der Waals surface area contributed by atoms with E-state index in [2.05, 4.69) is 43.3 Å². The van der Waals surface area contributed by atoms with Crippen molar-refractivity contribution < 1.29 is 14.3 Å². The number of fused-ring (bicyclic) bond motifs is 8. The molecule has 0 saturated carbocycles. The van der Waals surface area contributed by atoms with Crippen LogP contribution in [0, 0.1) is 6.92 Å². The first-order valence-electron chi connectivity index (χ1n) is 16.0. The molecule has 0 aliphatic carbocycles. The Hall–Kier alpha value is -3.86. The van der Waals surface area contributed by atoms with Gasteiger partial charge >= 0.3 is 5.97 Å². The molecule has 1 aliphatic heterocycles. The molecule has 11 heteroatoms. The molecule has 0 atom stereocenters. The molecule has 3 aromatic heterocycles. The van der Waals surface area contributed by atoms with E-state index in [-0.39, 0.29) is 5.97 Å². The third-order valence-corrected chi connectivity index (χ3v) is 10.8. The Morgan fingerprint density at radius 3 is 2.69 bits per heavy atom. The number of allylic oxidation sites excluding steroid dienone is 2. The minimum atomic E-state index is -0.351. The summed E-state index contributed by atoms with van der Waals surface area (Å²) in [5, 5.41) is 12.4. The van der Waals surface area contributed by atoms with Crippen molar-refractivity contribution in [1.29, 1.82) is 0 Å². The zero-order valence-electron chi connectivity index (χ0n) is 28.0. The number of thioether (sulfide) groups is 2. The molecule has 250 valence electrons. The van der Waals surface area contributed by atoms with Gasteiger partial charge in [0.2, 0.25) is 0 Å². The number of aryl methyl sites for hydroxylation is 3. The van der Waals surface area contributed by atoms with E-state index in [9.17, 15) is 4.79 Å². The Balaban J connectivity index is 1.38. The Morgan fingerprint density at radius 2 is 1.88 bits per heavy atom. The number of hydrogen-bond donors (Lipinski definition) is 0. The number of carbonyl (C=O) groups is 1. The van der Waals surface area contributed by atoms with Gasteiger partial charge in [0, 0.05) is 75.9 Å². The number of carbonyl (C=O) groups excluding carboxylic acids is 1. The second-order valence-electron chi connectivity index (χ2n) is 11.7.